The molecule has 0 aromatic heterocycles. The second kappa shape index (κ2) is 4.07. The first-order valence-corrected chi connectivity index (χ1v) is 4.72. The summed E-state index contributed by atoms with van der Waals surface area (Å²) in [4.78, 5) is 0. The molecule has 1 saturated heterocycles. The maximum Gasteiger partial charge on any atom is 0.0191 e. The molecule has 0 saturated carbocycles. The van der Waals surface area contributed by atoms with Crippen molar-refractivity contribution in [1.29, 1.82) is 0 Å². The third-order valence-electron chi connectivity index (χ3n) is 2.86. The first-order valence-electron chi connectivity index (χ1n) is 4.72. The second-order valence-electron chi connectivity index (χ2n) is 3.52. The first-order chi connectivity index (χ1) is 5.33. The fraction of sp³-hybridized carbons (Fsp3) is 1.00. The smallest absolute Gasteiger partial charge is 0.0191 e. The van der Waals surface area contributed by atoms with Crippen molar-refractivity contribution in [2.24, 2.45) is 0 Å². The Hall–Kier alpha value is -0.0800. The molecule has 0 spiro atoms. The lowest BCUT2D eigenvalue weighted by atomic mass is 9.90. The molecule has 2 heteroatoms. The quantitative estimate of drug-likeness (QED) is 0.637. The maximum atomic E-state index is 3.61. The van der Waals surface area contributed by atoms with E-state index in [0.29, 0.717) is 5.54 Å². The van der Waals surface area contributed by atoms with Crippen LogP contribution < -0.4 is 10.6 Å². The van der Waals surface area contributed by atoms with E-state index in [1.807, 2.05) is 7.05 Å². The van der Waals surface area contributed by atoms with E-state index in [1.54, 1.807) is 0 Å². The number of hydrogen-bond donors (Lipinski definition) is 2. The fourth-order valence-electron chi connectivity index (χ4n) is 1.92. The Labute approximate surface area is 69.8 Å². The zero-order valence-corrected chi connectivity index (χ0v) is 7.74. The minimum Gasteiger partial charge on any atom is -0.320 e. The van der Waals surface area contributed by atoms with Crippen LogP contribution in [0.5, 0.6) is 0 Å². The summed E-state index contributed by atoms with van der Waals surface area (Å²) in [5.41, 5.74) is 0.475. The summed E-state index contributed by atoms with van der Waals surface area (Å²) in [6.07, 6.45) is 5.28. The Balaban J connectivity index is 2.33. The summed E-state index contributed by atoms with van der Waals surface area (Å²) in [6, 6.07) is 0. The van der Waals surface area contributed by atoms with Gasteiger partial charge in [0.25, 0.3) is 0 Å². The highest BCUT2D eigenvalue weighted by molar-refractivity contribution is 4.91. The summed E-state index contributed by atoms with van der Waals surface area (Å²) in [5, 5.41) is 6.83. The van der Waals surface area contributed by atoms with Crippen LogP contribution in [0.3, 0.4) is 0 Å². The Morgan fingerprint density at radius 3 is 2.82 bits per heavy atom. The van der Waals surface area contributed by atoms with Gasteiger partial charge in [0.15, 0.2) is 0 Å². The zero-order chi connectivity index (χ0) is 8.16. The Bertz CT molecular complexity index is 106. The Morgan fingerprint density at radius 2 is 2.36 bits per heavy atom. The summed E-state index contributed by atoms with van der Waals surface area (Å²) >= 11 is 0. The van der Waals surface area contributed by atoms with Gasteiger partial charge in [-0.05, 0) is 45.8 Å². The van der Waals surface area contributed by atoms with Gasteiger partial charge in [0.2, 0.25) is 0 Å². The number of nitrogens with one attached hydrogen (secondary N) is 2. The van der Waals surface area contributed by atoms with E-state index in [4.69, 9.17) is 0 Å². The van der Waals surface area contributed by atoms with E-state index >= 15 is 0 Å². The first kappa shape index (κ1) is 9.01. The predicted octanol–water partition coefficient (Wildman–Crippen LogP) is 1.13. The van der Waals surface area contributed by atoms with Crippen molar-refractivity contribution in [3.05, 3.63) is 0 Å². The molecule has 1 aliphatic rings. The van der Waals surface area contributed by atoms with E-state index in [1.165, 1.54) is 32.2 Å². The molecule has 1 unspecified atom stereocenters. The second-order valence-corrected chi connectivity index (χ2v) is 3.52. The van der Waals surface area contributed by atoms with Gasteiger partial charge in [0, 0.05) is 5.54 Å². The summed E-state index contributed by atoms with van der Waals surface area (Å²) < 4.78 is 0. The molecule has 1 atom stereocenters. The van der Waals surface area contributed by atoms with Gasteiger partial charge in [-0.15, -0.1) is 0 Å². The predicted molar refractivity (Wildman–Crippen MR) is 48.8 cm³/mol. The van der Waals surface area contributed by atoms with Crippen LogP contribution in [-0.4, -0.2) is 25.7 Å². The van der Waals surface area contributed by atoms with E-state index in [0.717, 1.165) is 6.54 Å². The van der Waals surface area contributed by atoms with Crippen LogP contribution in [0.15, 0.2) is 0 Å². The third-order valence-corrected chi connectivity index (χ3v) is 2.86. The normalized spacial score (nSPS) is 31.1. The molecule has 66 valence electrons. The Morgan fingerprint density at radius 1 is 1.55 bits per heavy atom. The van der Waals surface area contributed by atoms with E-state index in [2.05, 4.69) is 17.6 Å². The minimum atomic E-state index is 0.475. The van der Waals surface area contributed by atoms with Crippen molar-refractivity contribution >= 4 is 0 Å². The molecule has 1 heterocycles. The molecule has 0 bridgehead atoms. The van der Waals surface area contributed by atoms with Crippen molar-refractivity contribution in [3.63, 3.8) is 0 Å². The van der Waals surface area contributed by atoms with Crippen LogP contribution in [0.4, 0.5) is 0 Å². The molecule has 0 amide bonds. The molecule has 1 fully saturated rings. The maximum absolute atomic E-state index is 3.61. The molecule has 0 radical (unpaired) electrons. The lowest BCUT2D eigenvalue weighted by Gasteiger charge is -2.27. The molecule has 11 heavy (non-hydrogen) atoms. The van der Waals surface area contributed by atoms with E-state index < -0.39 is 0 Å². The van der Waals surface area contributed by atoms with Crippen LogP contribution in [-0.2, 0) is 0 Å². The van der Waals surface area contributed by atoms with Crippen molar-refractivity contribution in [2.45, 2.75) is 38.1 Å². The summed E-state index contributed by atoms with van der Waals surface area (Å²) in [5.74, 6) is 0. The van der Waals surface area contributed by atoms with Crippen LogP contribution in [0.1, 0.15) is 32.6 Å². The average Bonchev–Trinajstić information content (AvgIpc) is 2.50. The van der Waals surface area contributed by atoms with Crippen LogP contribution in [0.25, 0.3) is 0 Å². The fourth-order valence-corrected chi connectivity index (χ4v) is 1.92. The lowest BCUT2D eigenvalue weighted by molar-refractivity contribution is 0.333. The number of hydrogen-bond acceptors (Lipinski definition) is 2. The monoisotopic (exact) mass is 156 g/mol. The van der Waals surface area contributed by atoms with Gasteiger partial charge in [-0.2, -0.15) is 0 Å². The van der Waals surface area contributed by atoms with E-state index in [9.17, 15) is 0 Å². The highest BCUT2D eigenvalue weighted by Crippen LogP contribution is 2.25. The molecule has 0 aromatic rings. The summed E-state index contributed by atoms with van der Waals surface area (Å²) in [7, 11) is 2.03. The Kier molecular flexibility index (Phi) is 3.34. The zero-order valence-electron chi connectivity index (χ0n) is 7.74. The molecule has 2 nitrogen and oxygen atoms in total. The molecular weight excluding hydrogens is 136 g/mol. The van der Waals surface area contributed by atoms with Gasteiger partial charge in [0.1, 0.15) is 0 Å². The lowest BCUT2D eigenvalue weighted by Crippen LogP contribution is -2.41. The minimum absolute atomic E-state index is 0.475. The van der Waals surface area contributed by atoms with Gasteiger partial charge in [-0.1, -0.05) is 6.92 Å². The standard InChI is InChI=1S/C9H20N2/c1-3-9(6-8-10-2)5-4-7-11-9/h10-11H,3-8H2,1-2H3. The highest BCUT2D eigenvalue weighted by Gasteiger charge is 2.30. The van der Waals surface area contributed by atoms with Gasteiger partial charge >= 0.3 is 0 Å². The SMILES string of the molecule is CCC1(CCNC)CCCN1. The largest absolute Gasteiger partial charge is 0.320 e. The molecule has 0 aliphatic carbocycles. The number of rotatable bonds is 4. The van der Waals surface area contributed by atoms with E-state index in [-0.39, 0.29) is 0 Å². The molecule has 1 aliphatic heterocycles. The van der Waals surface area contributed by atoms with Gasteiger partial charge in [0.05, 0.1) is 0 Å². The average molecular weight is 156 g/mol. The molecule has 2 N–H and O–H groups in total. The molecule has 1 rings (SSSR count). The van der Waals surface area contributed by atoms with Gasteiger partial charge in [-0.25, -0.2) is 0 Å². The van der Waals surface area contributed by atoms with Crippen molar-refractivity contribution < 1.29 is 0 Å². The van der Waals surface area contributed by atoms with Crippen molar-refractivity contribution in [1.82, 2.24) is 10.6 Å². The van der Waals surface area contributed by atoms with Crippen LogP contribution in [0.2, 0.25) is 0 Å². The van der Waals surface area contributed by atoms with Gasteiger partial charge < -0.3 is 10.6 Å². The highest BCUT2D eigenvalue weighted by atomic mass is 15.0. The topological polar surface area (TPSA) is 24.1 Å². The molecule has 0 aromatic carbocycles. The van der Waals surface area contributed by atoms with Gasteiger partial charge in [-0.3, -0.25) is 0 Å². The van der Waals surface area contributed by atoms with Crippen LogP contribution in [0, 0.1) is 0 Å². The van der Waals surface area contributed by atoms with Crippen molar-refractivity contribution in [2.75, 3.05) is 20.1 Å². The third kappa shape index (κ3) is 2.17. The summed E-state index contributed by atoms with van der Waals surface area (Å²) in [6.45, 7) is 4.65. The van der Waals surface area contributed by atoms with Crippen molar-refractivity contribution in [3.8, 4) is 0 Å². The molecular formula is C9H20N2. The van der Waals surface area contributed by atoms with Crippen LogP contribution >= 0.6 is 0 Å².